The molecule has 2 rings (SSSR count). The Balaban J connectivity index is 2.14. The molecule has 0 aliphatic heterocycles. The highest BCUT2D eigenvalue weighted by Gasteiger charge is 2.13. The monoisotopic (exact) mass is 255 g/mol. The Morgan fingerprint density at radius 3 is 2.88 bits per heavy atom. The number of nitrogens with two attached hydrogens (primary N) is 1. The SMILES string of the molecule is Nc1ccc(NCc2cscn2)c(C(F)F)c1. The van der Waals surface area contributed by atoms with Crippen molar-refractivity contribution in [3.63, 3.8) is 0 Å². The Kier molecular flexibility index (Phi) is 3.53. The van der Waals surface area contributed by atoms with Gasteiger partial charge >= 0.3 is 0 Å². The zero-order valence-electron chi connectivity index (χ0n) is 8.86. The Labute approximate surface area is 101 Å². The van der Waals surface area contributed by atoms with Crippen LogP contribution in [-0.2, 0) is 6.54 Å². The third-order valence-corrected chi connectivity index (χ3v) is 2.89. The summed E-state index contributed by atoms with van der Waals surface area (Å²) in [6.45, 7) is 0.424. The van der Waals surface area contributed by atoms with Crippen LogP contribution in [0.25, 0.3) is 0 Å². The molecule has 0 saturated heterocycles. The highest BCUT2D eigenvalue weighted by Crippen LogP contribution is 2.29. The van der Waals surface area contributed by atoms with Crippen LogP contribution in [0, 0.1) is 0 Å². The van der Waals surface area contributed by atoms with Gasteiger partial charge in [-0.1, -0.05) is 0 Å². The van der Waals surface area contributed by atoms with Crippen LogP contribution >= 0.6 is 11.3 Å². The van der Waals surface area contributed by atoms with Gasteiger partial charge in [0.1, 0.15) is 0 Å². The first-order valence-electron chi connectivity index (χ1n) is 4.95. The quantitative estimate of drug-likeness (QED) is 0.824. The number of hydrogen-bond acceptors (Lipinski definition) is 4. The molecule has 17 heavy (non-hydrogen) atoms. The van der Waals surface area contributed by atoms with E-state index in [1.54, 1.807) is 17.6 Å². The molecule has 3 N–H and O–H groups in total. The van der Waals surface area contributed by atoms with Crippen molar-refractivity contribution in [3.8, 4) is 0 Å². The van der Waals surface area contributed by atoms with E-state index >= 15 is 0 Å². The third kappa shape index (κ3) is 2.91. The fraction of sp³-hybridized carbons (Fsp3) is 0.182. The molecule has 0 amide bonds. The van der Waals surface area contributed by atoms with E-state index in [1.807, 2.05) is 5.38 Å². The number of benzene rings is 1. The number of nitrogens with zero attached hydrogens (tertiary/aromatic N) is 1. The molecule has 1 heterocycles. The highest BCUT2D eigenvalue weighted by atomic mass is 32.1. The summed E-state index contributed by atoms with van der Waals surface area (Å²) in [5, 5.41) is 4.80. The van der Waals surface area contributed by atoms with Crippen LogP contribution in [0.5, 0.6) is 0 Å². The van der Waals surface area contributed by atoms with Crippen molar-refractivity contribution in [2.75, 3.05) is 11.1 Å². The maximum atomic E-state index is 12.8. The van der Waals surface area contributed by atoms with E-state index in [-0.39, 0.29) is 5.56 Å². The van der Waals surface area contributed by atoms with Crippen molar-refractivity contribution < 1.29 is 8.78 Å². The second-order valence-electron chi connectivity index (χ2n) is 3.48. The van der Waals surface area contributed by atoms with Crippen LogP contribution in [0.2, 0.25) is 0 Å². The second-order valence-corrected chi connectivity index (χ2v) is 4.20. The molecule has 0 fully saturated rings. The molecular weight excluding hydrogens is 244 g/mol. The van der Waals surface area contributed by atoms with E-state index in [0.29, 0.717) is 17.9 Å². The number of halogens is 2. The van der Waals surface area contributed by atoms with Gasteiger partial charge in [-0.25, -0.2) is 13.8 Å². The predicted octanol–water partition coefficient (Wildman–Crippen LogP) is 3.28. The zero-order valence-corrected chi connectivity index (χ0v) is 9.68. The lowest BCUT2D eigenvalue weighted by molar-refractivity contribution is 0.152. The maximum Gasteiger partial charge on any atom is 0.265 e. The van der Waals surface area contributed by atoms with Gasteiger partial charge in [-0.3, -0.25) is 0 Å². The molecule has 0 aliphatic rings. The molecule has 1 aromatic heterocycles. The molecular formula is C11H11F2N3S. The summed E-state index contributed by atoms with van der Waals surface area (Å²) in [6, 6.07) is 4.44. The summed E-state index contributed by atoms with van der Waals surface area (Å²) in [7, 11) is 0. The number of anilines is 2. The molecule has 0 atom stereocenters. The molecule has 0 unspecified atom stereocenters. The molecule has 1 aromatic carbocycles. The topological polar surface area (TPSA) is 50.9 Å². The van der Waals surface area contributed by atoms with Crippen molar-refractivity contribution in [2.45, 2.75) is 13.0 Å². The number of aromatic nitrogens is 1. The van der Waals surface area contributed by atoms with Crippen molar-refractivity contribution in [1.29, 1.82) is 0 Å². The minimum absolute atomic E-state index is 0.0831. The molecule has 2 aromatic rings. The van der Waals surface area contributed by atoms with Crippen molar-refractivity contribution >= 4 is 22.7 Å². The van der Waals surface area contributed by atoms with E-state index in [9.17, 15) is 8.78 Å². The molecule has 90 valence electrons. The average Bonchev–Trinajstić information content (AvgIpc) is 2.80. The second kappa shape index (κ2) is 5.09. The summed E-state index contributed by atoms with van der Waals surface area (Å²) in [5.74, 6) is 0. The van der Waals surface area contributed by atoms with Gasteiger partial charge in [-0.15, -0.1) is 11.3 Å². The Morgan fingerprint density at radius 1 is 1.41 bits per heavy atom. The summed E-state index contributed by atoms with van der Waals surface area (Å²) in [4.78, 5) is 4.07. The Bertz CT molecular complexity index is 485. The van der Waals surface area contributed by atoms with E-state index in [1.165, 1.54) is 17.4 Å². The van der Waals surface area contributed by atoms with Crippen LogP contribution in [-0.4, -0.2) is 4.98 Å². The first kappa shape index (κ1) is 11.8. The number of thiazole rings is 1. The molecule has 0 spiro atoms. The Hall–Kier alpha value is -1.69. The van der Waals surface area contributed by atoms with E-state index in [4.69, 9.17) is 5.73 Å². The molecule has 0 aliphatic carbocycles. The van der Waals surface area contributed by atoms with Crippen LogP contribution < -0.4 is 11.1 Å². The van der Waals surface area contributed by atoms with Crippen LogP contribution in [0.3, 0.4) is 0 Å². The minimum Gasteiger partial charge on any atom is -0.399 e. The van der Waals surface area contributed by atoms with Gasteiger partial charge in [0.25, 0.3) is 6.43 Å². The number of hydrogen-bond donors (Lipinski definition) is 2. The fourth-order valence-corrected chi connectivity index (χ4v) is 1.99. The number of nitrogens with one attached hydrogen (secondary N) is 1. The molecule has 3 nitrogen and oxygen atoms in total. The van der Waals surface area contributed by atoms with Crippen molar-refractivity contribution in [2.24, 2.45) is 0 Å². The third-order valence-electron chi connectivity index (χ3n) is 2.25. The molecule has 0 saturated carbocycles. The summed E-state index contributed by atoms with van der Waals surface area (Å²) in [6.07, 6.45) is -2.54. The smallest absolute Gasteiger partial charge is 0.265 e. The van der Waals surface area contributed by atoms with Crippen LogP contribution in [0.1, 0.15) is 17.7 Å². The number of nitrogen functional groups attached to an aromatic ring is 1. The largest absolute Gasteiger partial charge is 0.399 e. The predicted molar refractivity (Wildman–Crippen MR) is 65.3 cm³/mol. The average molecular weight is 255 g/mol. The summed E-state index contributed by atoms with van der Waals surface area (Å²) >= 11 is 1.47. The molecule has 0 bridgehead atoms. The van der Waals surface area contributed by atoms with Gasteiger partial charge < -0.3 is 11.1 Å². The highest BCUT2D eigenvalue weighted by molar-refractivity contribution is 7.07. The Morgan fingerprint density at radius 2 is 2.24 bits per heavy atom. The van der Waals surface area contributed by atoms with Crippen molar-refractivity contribution in [1.82, 2.24) is 4.98 Å². The van der Waals surface area contributed by atoms with Gasteiger partial charge in [0, 0.05) is 22.3 Å². The van der Waals surface area contributed by atoms with Gasteiger partial charge in [-0.05, 0) is 18.2 Å². The zero-order chi connectivity index (χ0) is 12.3. The normalized spacial score (nSPS) is 10.8. The van der Waals surface area contributed by atoms with Crippen LogP contribution in [0.15, 0.2) is 29.1 Å². The van der Waals surface area contributed by atoms with E-state index < -0.39 is 6.43 Å². The van der Waals surface area contributed by atoms with Gasteiger partial charge in [0.2, 0.25) is 0 Å². The van der Waals surface area contributed by atoms with E-state index in [0.717, 1.165) is 5.69 Å². The summed E-state index contributed by atoms with van der Waals surface area (Å²) < 4.78 is 25.5. The van der Waals surface area contributed by atoms with Gasteiger partial charge in [-0.2, -0.15) is 0 Å². The van der Waals surface area contributed by atoms with Crippen LogP contribution in [0.4, 0.5) is 20.2 Å². The fourth-order valence-electron chi connectivity index (χ4n) is 1.43. The number of rotatable bonds is 4. The lowest BCUT2D eigenvalue weighted by Gasteiger charge is -2.11. The van der Waals surface area contributed by atoms with Crippen molar-refractivity contribution in [3.05, 3.63) is 40.3 Å². The van der Waals surface area contributed by atoms with Gasteiger partial charge in [0.05, 0.1) is 17.7 Å². The lowest BCUT2D eigenvalue weighted by Crippen LogP contribution is -2.03. The minimum atomic E-state index is -2.54. The summed E-state index contributed by atoms with van der Waals surface area (Å²) in [5.41, 5.74) is 8.65. The van der Waals surface area contributed by atoms with E-state index in [2.05, 4.69) is 10.3 Å². The van der Waals surface area contributed by atoms with Gasteiger partial charge in [0.15, 0.2) is 0 Å². The number of alkyl halides is 2. The maximum absolute atomic E-state index is 12.8. The molecule has 0 radical (unpaired) electrons. The standard InChI is InChI=1S/C11H11F2N3S/c12-11(13)9-3-7(14)1-2-10(9)15-4-8-5-17-6-16-8/h1-3,5-6,11,15H,4,14H2. The first-order valence-corrected chi connectivity index (χ1v) is 5.89. The molecule has 6 heteroatoms. The lowest BCUT2D eigenvalue weighted by atomic mass is 10.1. The first-order chi connectivity index (χ1) is 8.16.